The number of nitriles is 1. The summed E-state index contributed by atoms with van der Waals surface area (Å²) in [5.74, 6) is -1.18. The van der Waals surface area contributed by atoms with Crippen LogP contribution in [0, 0.1) is 17.1 Å². The number of anilines is 2. The lowest BCUT2D eigenvalue weighted by molar-refractivity contribution is -0.139. The molecule has 230 valence electrons. The monoisotopic (exact) mass is 666 g/mol. The number of carbonyl (C=O) groups is 1. The molecule has 3 aliphatic rings. The number of ether oxygens (including phenoxy) is 1. The number of aromatic nitrogens is 3. The molecule has 2 aromatic rings. The molecule has 1 amide bonds. The minimum absolute atomic E-state index is 0.0394. The van der Waals surface area contributed by atoms with Crippen LogP contribution in [0.4, 0.5) is 29.1 Å². The van der Waals surface area contributed by atoms with Crippen LogP contribution in [0.5, 0.6) is 6.01 Å². The van der Waals surface area contributed by atoms with Gasteiger partial charge in [0.25, 0.3) is 5.91 Å². The van der Waals surface area contributed by atoms with E-state index in [9.17, 15) is 27.6 Å². The van der Waals surface area contributed by atoms with Crippen LogP contribution in [-0.2, 0) is 23.9 Å². The van der Waals surface area contributed by atoms with Gasteiger partial charge in [0.2, 0.25) is 0 Å². The Labute approximate surface area is 255 Å². The maximum atomic E-state index is 14.4. The lowest BCUT2D eigenvalue weighted by Gasteiger charge is -2.42. The molecular weight excluding hydrogens is 636 g/mol. The molecule has 0 spiro atoms. The molecule has 0 unspecified atom stereocenters. The second kappa shape index (κ2) is 12.6. The smallest absolute Gasteiger partial charge is 0.421 e. The van der Waals surface area contributed by atoms with Gasteiger partial charge in [-0.1, -0.05) is 6.58 Å². The normalized spacial score (nSPS) is 21.0. The van der Waals surface area contributed by atoms with E-state index in [1.165, 1.54) is 4.90 Å². The van der Waals surface area contributed by atoms with E-state index in [-0.39, 0.29) is 54.1 Å². The molecule has 0 bridgehead atoms. The van der Waals surface area contributed by atoms with Gasteiger partial charge in [0.05, 0.1) is 53.3 Å². The maximum Gasteiger partial charge on any atom is 0.421 e. The van der Waals surface area contributed by atoms with Gasteiger partial charge in [-0.2, -0.15) is 28.4 Å². The standard InChI is InChI=1S/C28H31BrF4N8O2/c1-17(29)26(42)41-11-10-40(14-18(41)5-7-34)25-20-6-9-39(23-13-35-12-21(30)24(23)28(31,32)33)15-22(20)36-27(37-25)43-16-19-4-3-8-38(19)2/h12-13,18-19H,1,3-6,8-11,14-16H2,2H3/t18-,19-/m0/s1. The Hall–Kier alpha value is -3.51. The molecule has 5 rings (SSSR count). The van der Waals surface area contributed by atoms with E-state index in [2.05, 4.69) is 43.4 Å². The van der Waals surface area contributed by atoms with Crippen LogP contribution in [0.15, 0.2) is 23.5 Å². The second-order valence-electron chi connectivity index (χ2n) is 10.9. The SMILES string of the molecule is C=C(Br)C(=O)N1CCN(c2nc(OC[C@@H]3CCCN3C)nc3c2CCN(c2cncc(F)c2C(F)(F)F)C3)C[C@@H]1CC#N. The summed E-state index contributed by atoms with van der Waals surface area (Å²) in [5, 5.41) is 9.47. The fourth-order valence-electron chi connectivity index (χ4n) is 5.98. The Balaban J connectivity index is 1.49. The van der Waals surface area contributed by atoms with Crippen molar-refractivity contribution >= 4 is 33.3 Å². The lowest BCUT2D eigenvalue weighted by atomic mass is 10.0. The van der Waals surface area contributed by atoms with Gasteiger partial charge in [0.15, 0.2) is 5.82 Å². The molecule has 0 saturated carbocycles. The van der Waals surface area contributed by atoms with Crippen molar-refractivity contribution in [3.8, 4) is 12.1 Å². The molecule has 0 N–H and O–H groups in total. The van der Waals surface area contributed by atoms with E-state index in [1.807, 2.05) is 11.9 Å². The molecule has 2 aromatic heterocycles. The van der Waals surface area contributed by atoms with E-state index in [4.69, 9.17) is 9.72 Å². The summed E-state index contributed by atoms with van der Waals surface area (Å²) in [5.41, 5.74) is -0.522. The number of hydrogen-bond acceptors (Lipinski definition) is 9. The molecule has 0 aromatic carbocycles. The van der Waals surface area contributed by atoms with E-state index < -0.39 is 23.6 Å². The Morgan fingerprint density at radius 2 is 1.98 bits per heavy atom. The van der Waals surface area contributed by atoms with Gasteiger partial charge >= 0.3 is 12.2 Å². The molecule has 2 saturated heterocycles. The number of rotatable bonds is 7. The van der Waals surface area contributed by atoms with Crippen LogP contribution in [0.3, 0.4) is 0 Å². The summed E-state index contributed by atoms with van der Waals surface area (Å²) in [6.07, 6.45) is -0.953. The Morgan fingerprint density at radius 1 is 1.19 bits per heavy atom. The third kappa shape index (κ3) is 6.54. The average Bonchev–Trinajstić information content (AvgIpc) is 3.38. The molecule has 43 heavy (non-hydrogen) atoms. The Kier molecular flexibility index (Phi) is 9.07. The first-order valence-electron chi connectivity index (χ1n) is 13.9. The molecule has 10 nitrogen and oxygen atoms in total. The van der Waals surface area contributed by atoms with E-state index in [0.717, 1.165) is 31.1 Å². The number of alkyl halides is 3. The van der Waals surface area contributed by atoms with Crippen LogP contribution in [0.1, 0.15) is 36.1 Å². The van der Waals surface area contributed by atoms with Crippen molar-refractivity contribution in [1.29, 1.82) is 5.26 Å². The zero-order valence-corrected chi connectivity index (χ0v) is 25.2. The predicted octanol–water partition coefficient (Wildman–Crippen LogP) is 3.90. The first-order chi connectivity index (χ1) is 20.5. The maximum absolute atomic E-state index is 14.4. The number of likely N-dealkylation sites (N-methyl/N-ethyl adjacent to an activating group) is 1. The van der Waals surface area contributed by atoms with Crippen LogP contribution in [0.25, 0.3) is 0 Å². The molecule has 0 radical (unpaired) electrons. The number of carbonyl (C=O) groups excluding carboxylic acids is 1. The average molecular weight is 668 g/mol. The fourth-order valence-corrected chi connectivity index (χ4v) is 6.20. The lowest BCUT2D eigenvalue weighted by Crippen LogP contribution is -2.55. The number of hydrogen-bond donors (Lipinski definition) is 0. The molecule has 15 heteroatoms. The molecule has 2 atom stereocenters. The van der Waals surface area contributed by atoms with Gasteiger partial charge in [-0.05, 0) is 48.8 Å². The van der Waals surface area contributed by atoms with Gasteiger partial charge in [-0.3, -0.25) is 9.78 Å². The van der Waals surface area contributed by atoms with E-state index >= 15 is 0 Å². The van der Waals surface area contributed by atoms with Crippen LogP contribution in [0.2, 0.25) is 0 Å². The first kappa shape index (κ1) is 30.9. The highest BCUT2D eigenvalue weighted by atomic mass is 79.9. The minimum atomic E-state index is -4.91. The highest BCUT2D eigenvalue weighted by Crippen LogP contribution is 2.40. The van der Waals surface area contributed by atoms with Crippen molar-refractivity contribution < 1.29 is 27.1 Å². The third-order valence-electron chi connectivity index (χ3n) is 8.21. The number of fused-ring (bicyclic) bond motifs is 1. The molecule has 0 aliphatic carbocycles. The number of piperazine rings is 1. The molecule has 2 fully saturated rings. The largest absolute Gasteiger partial charge is 0.462 e. The van der Waals surface area contributed by atoms with Crippen LogP contribution < -0.4 is 14.5 Å². The van der Waals surface area contributed by atoms with Crippen LogP contribution >= 0.6 is 15.9 Å². The quantitative estimate of drug-likeness (QED) is 0.322. The van der Waals surface area contributed by atoms with Crippen molar-refractivity contribution in [3.63, 3.8) is 0 Å². The molecule has 3 aliphatic heterocycles. The van der Waals surface area contributed by atoms with Crippen molar-refractivity contribution in [2.24, 2.45) is 0 Å². The van der Waals surface area contributed by atoms with Gasteiger partial charge < -0.3 is 24.3 Å². The number of amides is 1. The third-order valence-corrected chi connectivity index (χ3v) is 8.54. The Bertz CT molecular complexity index is 1430. The summed E-state index contributed by atoms with van der Waals surface area (Å²) in [7, 11) is 2.01. The van der Waals surface area contributed by atoms with Crippen molar-refractivity contribution in [2.45, 2.75) is 50.5 Å². The zero-order chi connectivity index (χ0) is 30.9. The van der Waals surface area contributed by atoms with Gasteiger partial charge in [0.1, 0.15) is 18.0 Å². The minimum Gasteiger partial charge on any atom is -0.462 e. The number of pyridine rings is 1. The topological polar surface area (TPSA) is 102 Å². The summed E-state index contributed by atoms with van der Waals surface area (Å²) in [6, 6.07) is 1.98. The first-order valence-corrected chi connectivity index (χ1v) is 14.7. The van der Waals surface area contributed by atoms with E-state index in [1.54, 1.807) is 4.90 Å². The zero-order valence-electron chi connectivity index (χ0n) is 23.6. The van der Waals surface area contributed by atoms with Gasteiger partial charge in [0, 0.05) is 37.8 Å². The number of likely N-dealkylation sites (tertiary alicyclic amines) is 1. The fraction of sp³-hybridized carbons (Fsp3) is 0.536. The summed E-state index contributed by atoms with van der Waals surface area (Å²) in [6.45, 7) is 6.10. The number of nitrogens with zero attached hydrogens (tertiary/aromatic N) is 8. The van der Waals surface area contributed by atoms with Crippen LogP contribution in [-0.4, -0.2) is 89.1 Å². The van der Waals surface area contributed by atoms with Gasteiger partial charge in [-0.15, -0.1) is 0 Å². The summed E-state index contributed by atoms with van der Waals surface area (Å²) < 4.78 is 62.1. The van der Waals surface area contributed by atoms with Crippen molar-refractivity contribution in [1.82, 2.24) is 24.8 Å². The van der Waals surface area contributed by atoms with Crippen molar-refractivity contribution in [3.05, 3.63) is 46.1 Å². The Morgan fingerprint density at radius 3 is 2.65 bits per heavy atom. The predicted molar refractivity (Wildman–Crippen MR) is 153 cm³/mol. The molecule has 5 heterocycles. The van der Waals surface area contributed by atoms with Crippen molar-refractivity contribution in [2.75, 3.05) is 56.2 Å². The summed E-state index contributed by atoms with van der Waals surface area (Å²) in [4.78, 5) is 33.0. The molecular formula is C28H31BrF4N8O2. The van der Waals surface area contributed by atoms with Gasteiger partial charge in [-0.25, -0.2) is 4.39 Å². The highest BCUT2D eigenvalue weighted by molar-refractivity contribution is 9.12. The number of halogens is 5. The second-order valence-corrected chi connectivity index (χ2v) is 11.9. The van der Waals surface area contributed by atoms with E-state index in [0.29, 0.717) is 43.9 Å². The summed E-state index contributed by atoms with van der Waals surface area (Å²) >= 11 is 3.14. The highest BCUT2D eigenvalue weighted by Gasteiger charge is 2.40.